The Morgan fingerprint density at radius 1 is 0.976 bits per heavy atom. The molecule has 3 aliphatic rings. The molecule has 1 aliphatic carbocycles. The Labute approximate surface area is 253 Å². The highest BCUT2D eigenvalue weighted by atomic mass is 35.5. The molecule has 2 atom stereocenters. The van der Waals surface area contributed by atoms with Crippen molar-refractivity contribution in [3.05, 3.63) is 99.8 Å². The highest BCUT2D eigenvalue weighted by Gasteiger charge is 2.38. The second-order valence-electron chi connectivity index (χ2n) is 12.2. The maximum absolute atomic E-state index is 14.1. The summed E-state index contributed by atoms with van der Waals surface area (Å²) in [5.74, 6) is 0.770. The summed E-state index contributed by atoms with van der Waals surface area (Å²) in [5.41, 5.74) is 4.36. The molecule has 7 heteroatoms. The van der Waals surface area contributed by atoms with Crippen LogP contribution >= 0.6 is 11.6 Å². The number of nitrogens with zero attached hydrogens (tertiary/aromatic N) is 2. The molecule has 1 saturated carbocycles. The van der Waals surface area contributed by atoms with Crippen LogP contribution in [0.5, 0.6) is 0 Å². The van der Waals surface area contributed by atoms with E-state index in [1.165, 1.54) is 36.6 Å². The van der Waals surface area contributed by atoms with Crippen LogP contribution in [0.15, 0.2) is 66.7 Å². The number of nitrogens with one attached hydrogen (secondary N) is 1. The molecular weight excluding hydrogens is 549 g/mol. The van der Waals surface area contributed by atoms with Gasteiger partial charge in [0.15, 0.2) is 0 Å². The number of halogens is 2. The molecule has 0 radical (unpaired) electrons. The summed E-state index contributed by atoms with van der Waals surface area (Å²) in [6.45, 7) is 3.67. The Kier molecular flexibility index (Phi) is 8.92. The topological polar surface area (TPSA) is 52.7 Å². The molecule has 1 saturated heterocycles. The lowest BCUT2D eigenvalue weighted by Gasteiger charge is -2.32. The van der Waals surface area contributed by atoms with E-state index in [0.717, 1.165) is 56.6 Å². The Morgan fingerprint density at radius 3 is 2.60 bits per heavy atom. The van der Waals surface area contributed by atoms with Gasteiger partial charge in [0.2, 0.25) is 5.91 Å². The van der Waals surface area contributed by atoms with Gasteiger partial charge in [-0.25, -0.2) is 4.39 Å². The predicted molar refractivity (Wildman–Crippen MR) is 165 cm³/mol. The molecule has 3 aromatic rings. The third-order valence-electron chi connectivity index (χ3n) is 9.50. The number of carbonyl (C=O) groups is 2. The molecule has 6 rings (SSSR count). The highest BCUT2D eigenvalue weighted by molar-refractivity contribution is 6.31. The van der Waals surface area contributed by atoms with Crippen molar-refractivity contribution in [2.24, 2.45) is 11.8 Å². The molecule has 42 heavy (non-hydrogen) atoms. The number of likely N-dealkylation sites (tertiary alicyclic amines) is 1. The zero-order valence-electron chi connectivity index (χ0n) is 24.0. The molecule has 1 N–H and O–H groups in total. The largest absolute Gasteiger partial charge is 0.351 e. The first kappa shape index (κ1) is 28.9. The van der Waals surface area contributed by atoms with Gasteiger partial charge in [0.05, 0.1) is 6.54 Å². The van der Waals surface area contributed by atoms with Gasteiger partial charge in [-0.15, -0.1) is 0 Å². The number of fused-ring (bicyclic) bond motifs is 3. The summed E-state index contributed by atoms with van der Waals surface area (Å²) in [4.78, 5) is 31.0. The van der Waals surface area contributed by atoms with Crippen molar-refractivity contribution in [1.82, 2.24) is 10.2 Å². The number of hydrogen-bond acceptors (Lipinski definition) is 3. The molecule has 220 valence electrons. The standard InChI is InChI=1S/C35H39ClFN3O2/c36-32-12-10-29(37)20-28(32)23-40-33-21-27(9-11-31(33)30-8-4-7-26(30)22-34(40)41)35(42)38-15-18-39-16-13-25(14-17-39)19-24-5-2-1-3-6-24/h1-3,5-6,9-12,20-21,25-26,30H,4,7-8,13-19,22-23H2,(H,38,42)/t26-,30-/m0/s1. The van der Waals surface area contributed by atoms with Crippen LogP contribution in [-0.4, -0.2) is 42.9 Å². The molecule has 0 aromatic heterocycles. The Balaban J connectivity index is 1.11. The zero-order chi connectivity index (χ0) is 29.1. The van der Waals surface area contributed by atoms with Crippen LogP contribution in [0.1, 0.15) is 71.5 Å². The fraction of sp³-hybridized carbons (Fsp3) is 0.429. The first-order valence-corrected chi connectivity index (χ1v) is 15.7. The first-order chi connectivity index (χ1) is 20.4. The average Bonchev–Trinajstić information content (AvgIpc) is 3.42. The van der Waals surface area contributed by atoms with Crippen LogP contribution < -0.4 is 10.2 Å². The quantitative estimate of drug-likeness (QED) is 0.309. The molecule has 2 aliphatic heterocycles. The van der Waals surface area contributed by atoms with Crippen molar-refractivity contribution >= 4 is 29.1 Å². The molecular formula is C35H39ClFN3O2. The highest BCUT2D eigenvalue weighted by Crippen LogP contribution is 2.48. The third kappa shape index (κ3) is 6.55. The zero-order valence-corrected chi connectivity index (χ0v) is 24.8. The summed E-state index contributed by atoms with van der Waals surface area (Å²) in [6, 6.07) is 20.7. The molecule has 0 bridgehead atoms. The molecule has 2 heterocycles. The smallest absolute Gasteiger partial charge is 0.251 e. The van der Waals surface area contributed by atoms with Gasteiger partial charge in [-0.1, -0.05) is 54.4 Å². The number of hydrogen-bond donors (Lipinski definition) is 1. The van der Waals surface area contributed by atoms with E-state index in [9.17, 15) is 14.0 Å². The van der Waals surface area contributed by atoms with Gasteiger partial charge in [0.25, 0.3) is 5.91 Å². The van der Waals surface area contributed by atoms with E-state index >= 15 is 0 Å². The van der Waals surface area contributed by atoms with Crippen molar-refractivity contribution in [1.29, 1.82) is 0 Å². The van der Waals surface area contributed by atoms with Crippen molar-refractivity contribution in [3.63, 3.8) is 0 Å². The van der Waals surface area contributed by atoms with E-state index in [2.05, 4.69) is 40.5 Å². The van der Waals surface area contributed by atoms with Crippen LogP contribution in [0.4, 0.5) is 10.1 Å². The van der Waals surface area contributed by atoms with Crippen LogP contribution in [0.2, 0.25) is 5.02 Å². The first-order valence-electron chi connectivity index (χ1n) is 15.4. The minimum absolute atomic E-state index is 0.000738. The maximum atomic E-state index is 14.1. The number of piperidine rings is 1. The van der Waals surface area contributed by atoms with E-state index in [1.54, 1.807) is 4.90 Å². The number of carbonyl (C=O) groups excluding carboxylic acids is 2. The Bertz CT molecular complexity index is 1420. The van der Waals surface area contributed by atoms with Gasteiger partial charge in [0, 0.05) is 35.8 Å². The lowest BCUT2D eigenvalue weighted by molar-refractivity contribution is -0.119. The van der Waals surface area contributed by atoms with Gasteiger partial charge >= 0.3 is 0 Å². The van der Waals surface area contributed by atoms with Crippen molar-refractivity contribution in [3.8, 4) is 0 Å². The fourth-order valence-electron chi connectivity index (χ4n) is 7.19. The van der Waals surface area contributed by atoms with Gasteiger partial charge in [-0.05, 0) is 110 Å². The lowest BCUT2D eigenvalue weighted by Crippen LogP contribution is -2.40. The van der Waals surface area contributed by atoms with Crippen LogP contribution in [0.25, 0.3) is 0 Å². The molecule has 0 unspecified atom stereocenters. The van der Waals surface area contributed by atoms with Gasteiger partial charge in [-0.3, -0.25) is 9.59 Å². The Morgan fingerprint density at radius 2 is 1.79 bits per heavy atom. The van der Waals surface area contributed by atoms with Gasteiger partial charge in [-0.2, -0.15) is 0 Å². The van der Waals surface area contributed by atoms with E-state index in [4.69, 9.17) is 11.6 Å². The second-order valence-corrected chi connectivity index (χ2v) is 12.6. The lowest BCUT2D eigenvalue weighted by atomic mass is 9.86. The third-order valence-corrected chi connectivity index (χ3v) is 9.87. The summed E-state index contributed by atoms with van der Waals surface area (Å²) >= 11 is 6.40. The van der Waals surface area contributed by atoms with Gasteiger partial charge < -0.3 is 15.1 Å². The van der Waals surface area contributed by atoms with E-state index in [0.29, 0.717) is 46.9 Å². The number of amides is 2. The monoisotopic (exact) mass is 587 g/mol. The Hall–Kier alpha value is -3.22. The van der Waals surface area contributed by atoms with E-state index in [-0.39, 0.29) is 24.2 Å². The molecule has 3 aromatic carbocycles. The minimum Gasteiger partial charge on any atom is -0.351 e. The normalized spacial score (nSPS) is 21.1. The number of anilines is 1. The molecule has 0 spiro atoms. The number of benzene rings is 3. The summed E-state index contributed by atoms with van der Waals surface area (Å²) < 4.78 is 14.1. The van der Waals surface area contributed by atoms with Crippen LogP contribution in [-0.2, 0) is 17.8 Å². The summed E-state index contributed by atoms with van der Waals surface area (Å²) in [6.07, 6.45) is 7.10. The molecule has 2 fully saturated rings. The SMILES string of the molecule is O=C(NCCN1CCC(Cc2ccccc2)CC1)c1ccc2c(c1)N(Cc1cc(F)ccc1Cl)C(=O)C[C@@H]1CCC[C@H]21. The molecule has 2 amide bonds. The number of rotatable bonds is 8. The second kappa shape index (κ2) is 13.0. The van der Waals surface area contributed by atoms with E-state index < -0.39 is 0 Å². The average molecular weight is 588 g/mol. The summed E-state index contributed by atoms with van der Waals surface area (Å²) in [7, 11) is 0. The predicted octanol–water partition coefficient (Wildman–Crippen LogP) is 6.98. The van der Waals surface area contributed by atoms with E-state index in [1.807, 2.05) is 18.2 Å². The summed E-state index contributed by atoms with van der Waals surface area (Å²) in [5, 5.41) is 3.53. The van der Waals surface area contributed by atoms with Crippen molar-refractivity contribution in [2.45, 2.75) is 57.4 Å². The maximum Gasteiger partial charge on any atom is 0.251 e. The minimum atomic E-state index is -0.387. The van der Waals surface area contributed by atoms with Crippen LogP contribution in [0, 0.1) is 17.7 Å². The van der Waals surface area contributed by atoms with Crippen molar-refractivity contribution in [2.75, 3.05) is 31.1 Å². The van der Waals surface area contributed by atoms with Crippen molar-refractivity contribution < 1.29 is 14.0 Å². The fourth-order valence-corrected chi connectivity index (χ4v) is 7.37. The van der Waals surface area contributed by atoms with Crippen LogP contribution in [0.3, 0.4) is 0 Å². The molecule has 5 nitrogen and oxygen atoms in total. The van der Waals surface area contributed by atoms with Gasteiger partial charge in [0.1, 0.15) is 5.82 Å².